The normalized spacial score (nSPS) is 10.6. The van der Waals surface area contributed by atoms with E-state index < -0.39 is 0 Å². The van der Waals surface area contributed by atoms with Crippen molar-refractivity contribution in [2.75, 3.05) is 7.11 Å². The van der Waals surface area contributed by atoms with E-state index in [1.165, 1.54) is 11.3 Å². The molecule has 21 heavy (non-hydrogen) atoms. The van der Waals surface area contributed by atoms with E-state index in [4.69, 9.17) is 4.74 Å². The van der Waals surface area contributed by atoms with Crippen LogP contribution in [0.5, 0.6) is 5.75 Å². The van der Waals surface area contributed by atoms with Crippen molar-refractivity contribution in [3.63, 3.8) is 0 Å². The minimum absolute atomic E-state index is 0.320. The lowest BCUT2D eigenvalue weighted by atomic mass is 10.2. The van der Waals surface area contributed by atoms with Crippen LogP contribution < -0.4 is 4.74 Å². The van der Waals surface area contributed by atoms with Crippen LogP contribution in [0.25, 0.3) is 16.3 Å². The van der Waals surface area contributed by atoms with Crippen molar-refractivity contribution < 1.29 is 9.53 Å². The van der Waals surface area contributed by atoms with Crippen molar-refractivity contribution in [3.05, 3.63) is 47.0 Å². The molecule has 0 N–H and O–H groups in total. The molecule has 0 atom stereocenters. The fraction of sp³-hybridized carbons (Fsp3) is 0.133. The number of thiophene rings is 1. The molecule has 106 valence electrons. The minimum Gasteiger partial charge on any atom is -0.494 e. The molecule has 0 radical (unpaired) electrons. The smallest absolute Gasteiger partial charge is 0.172 e. The first kappa shape index (κ1) is 13.5. The van der Waals surface area contributed by atoms with Crippen LogP contribution >= 0.6 is 11.3 Å². The summed E-state index contributed by atoms with van der Waals surface area (Å²) in [6.07, 6.45) is 0.723. The lowest BCUT2D eigenvalue weighted by Gasteiger charge is -2.11. The summed E-state index contributed by atoms with van der Waals surface area (Å²) in [6, 6.07) is 9.67. The van der Waals surface area contributed by atoms with Crippen LogP contribution in [-0.4, -0.2) is 28.4 Å². The van der Waals surface area contributed by atoms with Gasteiger partial charge in [0, 0.05) is 0 Å². The molecule has 0 aliphatic carbocycles. The van der Waals surface area contributed by atoms with Gasteiger partial charge >= 0.3 is 0 Å². The Kier molecular flexibility index (Phi) is 3.53. The first-order valence-electron chi connectivity index (χ1n) is 6.34. The Bertz CT molecular complexity index is 778. The number of benzene rings is 1. The Morgan fingerprint density at radius 1 is 1.33 bits per heavy atom. The average molecular weight is 299 g/mol. The Morgan fingerprint density at radius 3 is 2.86 bits per heavy atom. The summed E-state index contributed by atoms with van der Waals surface area (Å²) in [4.78, 5) is 12.2. The highest BCUT2D eigenvalue weighted by atomic mass is 32.1. The number of carbonyl (C=O) groups excluding carboxylic acids is 1. The first-order valence-corrected chi connectivity index (χ1v) is 7.22. The van der Waals surface area contributed by atoms with Crippen LogP contribution in [0.1, 0.15) is 16.1 Å². The molecular weight excluding hydrogens is 286 g/mol. The highest BCUT2D eigenvalue weighted by Gasteiger charge is 2.19. The van der Waals surface area contributed by atoms with Crippen LogP contribution in [0.2, 0.25) is 0 Å². The van der Waals surface area contributed by atoms with Crippen molar-refractivity contribution >= 4 is 17.6 Å². The molecular formula is C15H13N3O2S. The van der Waals surface area contributed by atoms with Gasteiger partial charge in [-0.05, 0) is 36.1 Å². The Labute approximate surface area is 125 Å². The van der Waals surface area contributed by atoms with E-state index in [1.54, 1.807) is 11.8 Å². The highest BCUT2D eigenvalue weighted by molar-refractivity contribution is 7.13. The topological polar surface area (TPSA) is 57.0 Å². The van der Waals surface area contributed by atoms with Gasteiger partial charge in [-0.2, -0.15) is 0 Å². The number of rotatable bonds is 4. The van der Waals surface area contributed by atoms with E-state index in [2.05, 4.69) is 10.3 Å². The number of hydrogen-bond acceptors (Lipinski definition) is 5. The lowest BCUT2D eigenvalue weighted by molar-refractivity contribution is 0.111. The molecule has 3 rings (SSSR count). The van der Waals surface area contributed by atoms with Crippen LogP contribution in [0.3, 0.4) is 0 Å². The average Bonchev–Trinajstić information content (AvgIpc) is 3.15. The molecule has 0 saturated heterocycles. The third-order valence-corrected chi connectivity index (χ3v) is 4.00. The quantitative estimate of drug-likeness (QED) is 0.695. The third-order valence-electron chi connectivity index (χ3n) is 3.13. The van der Waals surface area contributed by atoms with Gasteiger partial charge in [0.15, 0.2) is 12.0 Å². The van der Waals surface area contributed by atoms with E-state index in [1.807, 2.05) is 42.6 Å². The zero-order valence-electron chi connectivity index (χ0n) is 11.6. The number of aromatic nitrogens is 3. The van der Waals surface area contributed by atoms with Crippen molar-refractivity contribution in [1.29, 1.82) is 0 Å². The fourth-order valence-electron chi connectivity index (χ4n) is 2.15. The molecule has 2 aromatic heterocycles. The van der Waals surface area contributed by atoms with E-state index in [0.29, 0.717) is 17.1 Å². The molecule has 0 bridgehead atoms. The SMILES string of the molecule is COc1ccc(C)cc1-n1nnc(C=O)c1-c1cccs1. The standard InChI is InChI=1S/C15H13N3O2S/c1-10-5-6-13(20-2)12(8-10)18-15(11(9-19)16-17-18)14-4-3-7-21-14/h3-9H,1-2H3. The second-order valence-electron chi connectivity index (χ2n) is 4.51. The third kappa shape index (κ3) is 2.34. The lowest BCUT2D eigenvalue weighted by Crippen LogP contribution is -2.02. The summed E-state index contributed by atoms with van der Waals surface area (Å²) in [7, 11) is 1.61. The largest absolute Gasteiger partial charge is 0.494 e. The van der Waals surface area contributed by atoms with Crippen molar-refractivity contribution in [2.45, 2.75) is 6.92 Å². The summed E-state index contributed by atoms with van der Waals surface area (Å²) < 4.78 is 7.05. The summed E-state index contributed by atoms with van der Waals surface area (Å²) in [5.74, 6) is 0.681. The van der Waals surface area contributed by atoms with Crippen LogP contribution in [0, 0.1) is 6.92 Å². The van der Waals surface area contributed by atoms with Crippen LogP contribution in [0.4, 0.5) is 0 Å². The van der Waals surface area contributed by atoms with E-state index in [-0.39, 0.29) is 0 Å². The predicted octanol–water partition coefficient (Wildman–Crippen LogP) is 3.13. The summed E-state index contributed by atoms with van der Waals surface area (Å²) in [5.41, 5.74) is 2.84. The molecule has 2 heterocycles. The second-order valence-corrected chi connectivity index (χ2v) is 5.45. The summed E-state index contributed by atoms with van der Waals surface area (Å²) >= 11 is 1.54. The molecule has 0 amide bonds. The molecule has 3 aromatic rings. The van der Waals surface area contributed by atoms with E-state index in [9.17, 15) is 4.79 Å². The molecule has 6 heteroatoms. The fourth-order valence-corrected chi connectivity index (χ4v) is 2.91. The van der Waals surface area contributed by atoms with Gasteiger partial charge in [0.1, 0.15) is 17.1 Å². The van der Waals surface area contributed by atoms with Crippen molar-refractivity contribution in [3.8, 4) is 22.0 Å². The minimum atomic E-state index is 0.320. The molecule has 0 unspecified atom stereocenters. The zero-order chi connectivity index (χ0) is 14.8. The Balaban J connectivity index is 2.27. The highest BCUT2D eigenvalue weighted by Crippen LogP contribution is 2.32. The molecule has 0 aliphatic heterocycles. The number of carbonyl (C=O) groups is 1. The first-order chi connectivity index (χ1) is 10.2. The van der Waals surface area contributed by atoms with Gasteiger partial charge in [-0.1, -0.05) is 17.3 Å². The van der Waals surface area contributed by atoms with Gasteiger partial charge in [-0.3, -0.25) is 4.79 Å². The number of methoxy groups -OCH3 is 1. The second kappa shape index (κ2) is 5.49. The van der Waals surface area contributed by atoms with Gasteiger partial charge in [0.05, 0.1) is 12.0 Å². The molecule has 5 nitrogen and oxygen atoms in total. The maximum Gasteiger partial charge on any atom is 0.172 e. The maximum atomic E-state index is 11.2. The predicted molar refractivity (Wildman–Crippen MR) is 81.3 cm³/mol. The van der Waals surface area contributed by atoms with Gasteiger partial charge < -0.3 is 4.74 Å². The molecule has 0 aliphatic rings. The van der Waals surface area contributed by atoms with Crippen LogP contribution in [-0.2, 0) is 0 Å². The zero-order valence-corrected chi connectivity index (χ0v) is 12.4. The number of aldehydes is 1. The number of ether oxygens (including phenoxy) is 1. The van der Waals surface area contributed by atoms with Gasteiger partial charge in [-0.15, -0.1) is 16.4 Å². The van der Waals surface area contributed by atoms with Gasteiger partial charge in [0.25, 0.3) is 0 Å². The molecule has 0 spiro atoms. The Hall–Kier alpha value is -2.47. The van der Waals surface area contributed by atoms with E-state index in [0.717, 1.165) is 22.4 Å². The Morgan fingerprint density at radius 2 is 2.19 bits per heavy atom. The number of aryl methyl sites for hydroxylation is 1. The molecule has 0 saturated carbocycles. The maximum absolute atomic E-state index is 11.2. The summed E-state index contributed by atoms with van der Waals surface area (Å²) in [6.45, 7) is 1.99. The molecule has 1 aromatic carbocycles. The van der Waals surface area contributed by atoms with Gasteiger partial charge in [0.2, 0.25) is 0 Å². The van der Waals surface area contributed by atoms with E-state index >= 15 is 0 Å². The number of nitrogens with zero attached hydrogens (tertiary/aromatic N) is 3. The van der Waals surface area contributed by atoms with Crippen molar-refractivity contribution in [2.24, 2.45) is 0 Å². The molecule has 0 fully saturated rings. The van der Waals surface area contributed by atoms with Crippen LogP contribution in [0.15, 0.2) is 35.7 Å². The van der Waals surface area contributed by atoms with Gasteiger partial charge in [-0.25, -0.2) is 4.68 Å². The van der Waals surface area contributed by atoms with Crippen molar-refractivity contribution in [1.82, 2.24) is 15.0 Å². The number of hydrogen-bond donors (Lipinski definition) is 0. The summed E-state index contributed by atoms with van der Waals surface area (Å²) in [5, 5.41) is 10.0. The monoisotopic (exact) mass is 299 g/mol.